The Kier molecular flexibility index (Phi) is 12.5. The number of aliphatic hydroxyl groups excluding tert-OH is 1. The van der Waals surface area contributed by atoms with E-state index in [-0.39, 0.29) is 18.8 Å². The first-order chi connectivity index (χ1) is 13.4. The Hall–Kier alpha value is -1.85. The van der Waals surface area contributed by atoms with E-state index in [1.807, 2.05) is 20.1 Å². The fraction of sp³-hybridized carbons (Fsp3) is 0.778. The topological polar surface area (TPSA) is 171 Å². The summed E-state index contributed by atoms with van der Waals surface area (Å²) in [5.41, 5.74) is 5.48. The summed E-state index contributed by atoms with van der Waals surface area (Å²) in [6.45, 7) is 6.45. The van der Waals surface area contributed by atoms with Gasteiger partial charge in [-0.1, -0.05) is 13.8 Å². The van der Waals surface area contributed by atoms with E-state index in [0.717, 1.165) is 0 Å². The highest BCUT2D eigenvalue weighted by molar-refractivity contribution is 7.98. The van der Waals surface area contributed by atoms with E-state index in [0.29, 0.717) is 5.75 Å². The number of carboxylic acids is 1. The van der Waals surface area contributed by atoms with Gasteiger partial charge in [0.05, 0.1) is 12.1 Å². The monoisotopic (exact) mass is 434 g/mol. The van der Waals surface area contributed by atoms with Gasteiger partial charge in [0, 0.05) is 0 Å². The van der Waals surface area contributed by atoms with Crippen LogP contribution in [0.1, 0.15) is 40.5 Å². The zero-order valence-electron chi connectivity index (χ0n) is 17.6. The third kappa shape index (κ3) is 10.5. The van der Waals surface area contributed by atoms with E-state index in [1.165, 1.54) is 25.6 Å². The Bertz CT molecular complexity index is 571. The lowest BCUT2D eigenvalue weighted by Gasteiger charge is -2.27. The van der Waals surface area contributed by atoms with Crippen molar-refractivity contribution in [2.45, 2.75) is 70.8 Å². The summed E-state index contributed by atoms with van der Waals surface area (Å²) in [4.78, 5) is 48.4. The maximum atomic E-state index is 12.6. The molecule has 0 spiro atoms. The zero-order valence-corrected chi connectivity index (χ0v) is 18.4. The highest BCUT2D eigenvalue weighted by atomic mass is 32.2. The van der Waals surface area contributed by atoms with Gasteiger partial charge in [0.15, 0.2) is 0 Å². The van der Waals surface area contributed by atoms with Crippen LogP contribution in [0.3, 0.4) is 0 Å². The molecule has 7 N–H and O–H groups in total. The first-order valence-corrected chi connectivity index (χ1v) is 10.9. The first kappa shape index (κ1) is 27.1. The van der Waals surface area contributed by atoms with Gasteiger partial charge < -0.3 is 31.9 Å². The second-order valence-corrected chi connectivity index (χ2v) is 8.37. The molecule has 0 heterocycles. The Morgan fingerprint density at radius 2 is 1.48 bits per heavy atom. The van der Waals surface area contributed by atoms with Crippen molar-refractivity contribution in [3.8, 4) is 0 Å². The van der Waals surface area contributed by atoms with Gasteiger partial charge in [0.1, 0.15) is 18.1 Å². The summed E-state index contributed by atoms with van der Waals surface area (Å²) in [5.74, 6) is -2.61. The number of rotatable bonds is 13. The van der Waals surface area contributed by atoms with Crippen molar-refractivity contribution >= 4 is 35.5 Å². The number of carbonyl (C=O) groups is 4. The maximum Gasteiger partial charge on any atom is 0.326 e. The molecule has 0 aliphatic carbocycles. The summed E-state index contributed by atoms with van der Waals surface area (Å²) in [7, 11) is 0. The highest BCUT2D eigenvalue weighted by Crippen LogP contribution is 2.08. The number of hydrogen-bond acceptors (Lipinski definition) is 7. The lowest BCUT2D eigenvalue weighted by molar-refractivity contribution is -0.142. The van der Waals surface area contributed by atoms with Crippen LogP contribution >= 0.6 is 11.8 Å². The molecule has 168 valence electrons. The Balaban J connectivity index is 5.33. The van der Waals surface area contributed by atoms with Crippen molar-refractivity contribution in [3.63, 3.8) is 0 Å². The SMILES string of the molecule is CSCCC(NC(=O)C(CC(C)C)NC(=O)C(NC(=O)C(C)N)C(C)O)C(=O)O. The molecule has 0 aromatic rings. The molecule has 0 aromatic heterocycles. The van der Waals surface area contributed by atoms with Crippen LogP contribution in [-0.2, 0) is 19.2 Å². The predicted octanol–water partition coefficient (Wildman–Crippen LogP) is -0.947. The minimum Gasteiger partial charge on any atom is -0.480 e. The summed E-state index contributed by atoms with van der Waals surface area (Å²) < 4.78 is 0. The van der Waals surface area contributed by atoms with Gasteiger partial charge in [-0.2, -0.15) is 11.8 Å². The van der Waals surface area contributed by atoms with Crippen molar-refractivity contribution in [3.05, 3.63) is 0 Å². The summed E-state index contributed by atoms with van der Waals surface area (Å²) in [6, 6.07) is -4.28. The van der Waals surface area contributed by atoms with Crippen LogP contribution in [0.2, 0.25) is 0 Å². The molecule has 11 heteroatoms. The molecular weight excluding hydrogens is 400 g/mol. The average molecular weight is 435 g/mol. The molecule has 0 bridgehead atoms. The lowest BCUT2D eigenvalue weighted by Crippen LogP contribution is -2.59. The fourth-order valence-electron chi connectivity index (χ4n) is 2.42. The van der Waals surface area contributed by atoms with Crippen molar-refractivity contribution in [2.75, 3.05) is 12.0 Å². The smallest absolute Gasteiger partial charge is 0.326 e. The van der Waals surface area contributed by atoms with E-state index < -0.39 is 54.0 Å². The number of thioether (sulfide) groups is 1. The Labute approximate surface area is 175 Å². The first-order valence-electron chi connectivity index (χ1n) is 9.47. The molecule has 0 radical (unpaired) electrons. The van der Waals surface area contributed by atoms with Crippen LogP contribution in [0.25, 0.3) is 0 Å². The molecule has 29 heavy (non-hydrogen) atoms. The van der Waals surface area contributed by atoms with E-state index in [2.05, 4.69) is 16.0 Å². The minimum absolute atomic E-state index is 0.0178. The van der Waals surface area contributed by atoms with Crippen molar-refractivity contribution in [1.29, 1.82) is 0 Å². The molecule has 0 saturated carbocycles. The second kappa shape index (κ2) is 13.4. The molecule has 0 saturated heterocycles. The van der Waals surface area contributed by atoms with Crippen LogP contribution in [-0.4, -0.2) is 76.2 Å². The summed E-state index contributed by atoms with van der Waals surface area (Å²) in [5, 5.41) is 26.5. The summed E-state index contributed by atoms with van der Waals surface area (Å²) in [6.07, 6.45) is 1.09. The lowest BCUT2D eigenvalue weighted by atomic mass is 10.0. The van der Waals surface area contributed by atoms with Gasteiger partial charge in [-0.15, -0.1) is 0 Å². The molecule has 0 aliphatic heterocycles. The van der Waals surface area contributed by atoms with Gasteiger partial charge >= 0.3 is 5.97 Å². The Morgan fingerprint density at radius 1 is 0.931 bits per heavy atom. The fourth-order valence-corrected chi connectivity index (χ4v) is 2.89. The minimum atomic E-state index is -1.30. The molecule has 10 nitrogen and oxygen atoms in total. The van der Waals surface area contributed by atoms with Crippen molar-refractivity contribution in [2.24, 2.45) is 11.7 Å². The van der Waals surface area contributed by atoms with Crippen LogP contribution in [0.4, 0.5) is 0 Å². The van der Waals surface area contributed by atoms with E-state index in [9.17, 15) is 29.4 Å². The molecule has 0 fully saturated rings. The molecule has 0 aliphatic rings. The number of hydrogen-bond donors (Lipinski definition) is 6. The number of aliphatic hydroxyl groups is 1. The number of carbonyl (C=O) groups excluding carboxylic acids is 3. The maximum absolute atomic E-state index is 12.6. The molecule has 3 amide bonds. The van der Waals surface area contributed by atoms with E-state index >= 15 is 0 Å². The molecule has 5 unspecified atom stereocenters. The molecule has 0 aromatic carbocycles. The van der Waals surface area contributed by atoms with Gasteiger partial charge in [-0.3, -0.25) is 14.4 Å². The normalized spacial score (nSPS) is 16.3. The molecule has 5 atom stereocenters. The molecular formula is C18H34N4O6S. The van der Waals surface area contributed by atoms with Crippen LogP contribution < -0.4 is 21.7 Å². The van der Waals surface area contributed by atoms with Crippen LogP contribution in [0, 0.1) is 5.92 Å². The summed E-state index contributed by atoms with van der Waals surface area (Å²) >= 11 is 1.46. The van der Waals surface area contributed by atoms with Gasteiger partial charge in [0.2, 0.25) is 17.7 Å². The highest BCUT2D eigenvalue weighted by Gasteiger charge is 2.32. The van der Waals surface area contributed by atoms with Crippen LogP contribution in [0.15, 0.2) is 0 Å². The van der Waals surface area contributed by atoms with Gasteiger partial charge in [-0.25, -0.2) is 4.79 Å². The van der Waals surface area contributed by atoms with E-state index in [1.54, 1.807) is 0 Å². The third-order valence-electron chi connectivity index (χ3n) is 4.04. The van der Waals surface area contributed by atoms with Gasteiger partial charge in [-0.05, 0) is 44.6 Å². The zero-order chi connectivity index (χ0) is 22.7. The molecule has 0 rings (SSSR count). The van der Waals surface area contributed by atoms with Gasteiger partial charge in [0.25, 0.3) is 0 Å². The standard InChI is InChI=1S/C18H34N4O6S/c1-9(2)8-13(16(25)20-12(18(27)28)6-7-29-5)21-17(26)14(11(4)23)22-15(24)10(3)19/h9-14,23H,6-8,19H2,1-5H3,(H,20,25)(H,21,26)(H,22,24)(H,27,28). The predicted molar refractivity (Wildman–Crippen MR) is 111 cm³/mol. The largest absolute Gasteiger partial charge is 0.480 e. The third-order valence-corrected chi connectivity index (χ3v) is 4.69. The number of aliphatic carboxylic acids is 1. The average Bonchev–Trinajstić information content (AvgIpc) is 2.60. The number of carboxylic acid groups (broad SMARTS) is 1. The Morgan fingerprint density at radius 3 is 1.90 bits per heavy atom. The second-order valence-electron chi connectivity index (χ2n) is 7.39. The van der Waals surface area contributed by atoms with E-state index in [4.69, 9.17) is 5.73 Å². The van der Waals surface area contributed by atoms with Crippen molar-refractivity contribution in [1.82, 2.24) is 16.0 Å². The van der Waals surface area contributed by atoms with Crippen LogP contribution in [0.5, 0.6) is 0 Å². The number of nitrogens with one attached hydrogen (secondary N) is 3. The quantitative estimate of drug-likeness (QED) is 0.215. The number of nitrogens with two attached hydrogens (primary N) is 1. The van der Waals surface area contributed by atoms with Crippen molar-refractivity contribution < 1.29 is 29.4 Å². The number of amides is 3.